The quantitative estimate of drug-likeness (QED) is 0.774. The van der Waals surface area contributed by atoms with E-state index in [4.69, 9.17) is 0 Å². The lowest BCUT2D eigenvalue weighted by molar-refractivity contribution is -0.129. The lowest BCUT2D eigenvalue weighted by Crippen LogP contribution is -2.38. The molecule has 0 bridgehead atoms. The smallest absolute Gasteiger partial charge is 0.225 e. The molecule has 4 nitrogen and oxygen atoms in total. The molecule has 0 aromatic heterocycles. The first-order valence-corrected chi connectivity index (χ1v) is 6.29. The number of hydrogen-bond acceptors (Lipinski definition) is 2. The highest BCUT2D eigenvalue weighted by molar-refractivity contribution is 5.89. The Morgan fingerprint density at radius 2 is 2.12 bits per heavy atom. The molecule has 1 saturated heterocycles. The molecular weight excluding hydrogens is 204 g/mol. The van der Waals surface area contributed by atoms with Gasteiger partial charge in [-0.2, -0.15) is 0 Å². The van der Waals surface area contributed by atoms with Gasteiger partial charge in [0.2, 0.25) is 11.8 Å². The van der Waals surface area contributed by atoms with Crippen LogP contribution >= 0.6 is 0 Å². The van der Waals surface area contributed by atoms with Crippen LogP contribution in [-0.4, -0.2) is 35.8 Å². The van der Waals surface area contributed by atoms with Crippen LogP contribution in [0.1, 0.15) is 39.0 Å². The van der Waals surface area contributed by atoms with Crippen molar-refractivity contribution in [2.75, 3.05) is 13.1 Å². The van der Waals surface area contributed by atoms with E-state index >= 15 is 0 Å². The molecule has 2 rings (SSSR count). The number of carbonyl (C=O) groups excluding carboxylic acids is 2. The zero-order valence-electron chi connectivity index (χ0n) is 9.87. The van der Waals surface area contributed by atoms with Gasteiger partial charge in [0.05, 0.1) is 5.92 Å². The van der Waals surface area contributed by atoms with Gasteiger partial charge in [0.15, 0.2) is 0 Å². The molecule has 0 aromatic carbocycles. The average molecular weight is 224 g/mol. The van der Waals surface area contributed by atoms with E-state index in [9.17, 15) is 9.59 Å². The third kappa shape index (κ3) is 2.36. The van der Waals surface area contributed by atoms with Gasteiger partial charge < -0.3 is 10.2 Å². The second kappa shape index (κ2) is 4.85. The van der Waals surface area contributed by atoms with Crippen LogP contribution in [0.3, 0.4) is 0 Å². The molecule has 1 N–H and O–H groups in total. The Hall–Kier alpha value is -1.06. The van der Waals surface area contributed by atoms with Crippen molar-refractivity contribution in [2.45, 2.75) is 45.1 Å². The van der Waals surface area contributed by atoms with Crippen LogP contribution in [0.25, 0.3) is 0 Å². The maximum absolute atomic E-state index is 11.9. The fraction of sp³-hybridized carbons (Fsp3) is 0.833. The molecule has 1 saturated carbocycles. The van der Waals surface area contributed by atoms with Crippen LogP contribution in [-0.2, 0) is 9.59 Å². The molecule has 1 aliphatic carbocycles. The number of carbonyl (C=O) groups is 2. The van der Waals surface area contributed by atoms with Gasteiger partial charge >= 0.3 is 0 Å². The molecule has 2 fully saturated rings. The molecule has 2 aliphatic rings. The highest BCUT2D eigenvalue weighted by Gasteiger charge is 2.34. The van der Waals surface area contributed by atoms with Crippen molar-refractivity contribution in [2.24, 2.45) is 5.92 Å². The molecule has 1 aliphatic heterocycles. The van der Waals surface area contributed by atoms with E-state index in [1.807, 2.05) is 6.92 Å². The molecule has 0 radical (unpaired) electrons. The van der Waals surface area contributed by atoms with Gasteiger partial charge in [0, 0.05) is 25.6 Å². The van der Waals surface area contributed by atoms with E-state index in [0.717, 1.165) is 12.8 Å². The van der Waals surface area contributed by atoms with Gasteiger partial charge in [-0.1, -0.05) is 12.8 Å². The van der Waals surface area contributed by atoms with E-state index < -0.39 is 0 Å². The molecule has 1 heterocycles. The van der Waals surface area contributed by atoms with Gasteiger partial charge in [0.25, 0.3) is 0 Å². The first-order valence-electron chi connectivity index (χ1n) is 6.29. The lowest BCUT2D eigenvalue weighted by atomic mass is 10.1. The van der Waals surface area contributed by atoms with Crippen molar-refractivity contribution in [1.82, 2.24) is 10.2 Å². The molecule has 0 spiro atoms. The molecule has 4 heteroatoms. The minimum absolute atomic E-state index is 0.0798. The Balaban J connectivity index is 1.83. The van der Waals surface area contributed by atoms with Gasteiger partial charge in [-0.3, -0.25) is 9.59 Å². The normalized spacial score (nSPS) is 26.4. The summed E-state index contributed by atoms with van der Waals surface area (Å²) in [5, 5.41) is 3.07. The zero-order valence-corrected chi connectivity index (χ0v) is 9.87. The SMILES string of the molecule is CCN1CC(C(=O)NC2CCCC2)CC1=O. The average Bonchev–Trinajstić information content (AvgIpc) is 2.87. The molecule has 1 unspecified atom stereocenters. The van der Waals surface area contributed by atoms with Crippen LogP contribution in [0.15, 0.2) is 0 Å². The predicted molar refractivity (Wildman–Crippen MR) is 60.8 cm³/mol. The van der Waals surface area contributed by atoms with Crippen LogP contribution in [0.5, 0.6) is 0 Å². The standard InChI is InChI=1S/C12H20N2O2/c1-2-14-8-9(7-11(14)15)12(16)13-10-5-3-4-6-10/h9-10H,2-8H2,1H3,(H,13,16). The van der Waals surface area contributed by atoms with Gasteiger partial charge in [-0.25, -0.2) is 0 Å². The van der Waals surface area contributed by atoms with E-state index in [2.05, 4.69) is 5.32 Å². The van der Waals surface area contributed by atoms with Crippen molar-refractivity contribution >= 4 is 11.8 Å². The maximum Gasteiger partial charge on any atom is 0.225 e. The third-order valence-corrected chi connectivity index (χ3v) is 3.67. The Morgan fingerprint density at radius 1 is 1.44 bits per heavy atom. The summed E-state index contributed by atoms with van der Waals surface area (Å²) >= 11 is 0. The van der Waals surface area contributed by atoms with E-state index in [1.54, 1.807) is 4.90 Å². The second-order valence-electron chi connectivity index (χ2n) is 4.82. The molecule has 16 heavy (non-hydrogen) atoms. The summed E-state index contributed by atoms with van der Waals surface area (Å²) in [5.41, 5.74) is 0. The molecule has 2 amide bonds. The first-order chi connectivity index (χ1) is 7.70. The van der Waals surface area contributed by atoms with Crippen molar-refractivity contribution in [3.8, 4) is 0 Å². The van der Waals surface area contributed by atoms with Crippen LogP contribution in [0.4, 0.5) is 0 Å². The summed E-state index contributed by atoms with van der Waals surface area (Å²) in [6.07, 6.45) is 5.03. The van der Waals surface area contributed by atoms with Crippen molar-refractivity contribution in [3.63, 3.8) is 0 Å². The van der Waals surface area contributed by atoms with Crippen LogP contribution in [0, 0.1) is 5.92 Å². The number of nitrogens with zero attached hydrogens (tertiary/aromatic N) is 1. The van der Waals surface area contributed by atoms with Crippen molar-refractivity contribution in [1.29, 1.82) is 0 Å². The zero-order chi connectivity index (χ0) is 11.5. The minimum Gasteiger partial charge on any atom is -0.353 e. The summed E-state index contributed by atoms with van der Waals surface area (Å²) in [4.78, 5) is 25.2. The van der Waals surface area contributed by atoms with Crippen molar-refractivity contribution < 1.29 is 9.59 Å². The highest BCUT2D eigenvalue weighted by Crippen LogP contribution is 2.21. The fourth-order valence-corrected chi connectivity index (χ4v) is 2.64. The Labute approximate surface area is 96.4 Å². The maximum atomic E-state index is 11.9. The summed E-state index contributed by atoms with van der Waals surface area (Å²) in [7, 11) is 0. The van der Waals surface area contributed by atoms with Gasteiger partial charge in [-0.05, 0) is 19.8 Å². The van der Waals surface area contributed by atoms with Crippen LogP contribution in [0.2, 0.25) is 0 Å². The third-order valence-electron chi connectivity index (χ3n) is 3.67. The lowest BCUT2D eigenvalue weighted by Gasteiger charge is -2.16. The molecular formula is C12H20N2O2. The Morgan fingerprint density at radius 3 is 2.69 bits per heavy atom. The first kappa shape index (κ1) is 11.4. The molecule has 90 valence electrons. The summed E-state index contributed by atoms with van der Waals surface area (Å²) in [6.45, 7) is 3.27. The topological polar surface area (TPSA) is 49.4 Å². The Kier molecular flexibility index (Phi) is 3.46. The molecule has 0 aromatic rings. The Bertz CT molecular complexity index is 285. The monoisotopic (exact) mass is 224 g/mol. The number of likely N-dealkylation sites (tertiary alicyclic amines) is 1. The summed E-state index contributed by atoms with van der Waals surface area (Å²) in [6, 6.07) is 0.360. The van der Waals surface area contributed by atoms with E-state index in [1.165, 1.54) is 12.8 Å². The second-order valence-corrected chi connectivity index (χ2v) is 4.82. The fourth-order valence-electron chi connectivity index (χ4n) is 2.64. The van der Waals surface area contributed by atoms with E-state index in [-0.39, 0.29) is 17.7 Å². The van der Waals surface area contributed by atoms with Crippen molar-refractivity contribution in [3.05, 3.63) is 0 Å². The number of rotatable bonds is 3. The largest absolute Gasteiger partial charge is 0.353 e. The van der Waals surface area contributed by atoms with Gasteiger partial charge in [-0.15, -0.1) is 0 Å². The predicted octanol–water partition coefficient (Wildman–Crippen LogP) is 0.914. The van der Waals surface area contributed by atoms with Gasteiger partial charge in [0.1, 0.15) is 0 Å². The number of hydrogen-bond donors (Lipinski definition) is 1. The number of nitrogens with one attached hydrogen (secondary N) is 1. The minimum atomic E-state index is -0.118. The number of amides is 2. The summed E-state index contributed by atoms with van der Waals surface area (Å²) in [5.74, 6) is 0.0818. The summed E-state index contributed by atoms with van der Waals surface area (Å²) < 4.78 is 0. The van der Waals surface area contributed by atoms with E-state index in [0.29, 0.717) is 25.6 Å². The van der Waals surface area contributed by atoms with Crippen LogP contribution < -0.4 is 5.32 Å². The highest BCUT2D eigenvalue weighted by atomic mass is 16.2. The molecule has 1 atom stereocenters.